The molecule has 24 heteroatoms. The Balaban J connectivity index is 1.31. The predicted octanol–water partition coefficient (Wildman–Crippen LogP) is -4.34. The molecule has 2 aromatic carbocycles. The van der Waals surface area contributed by atoms with E-state index in [4.69, 9.17) is 42.6 Å². The summed E-state index contributed by atoms with van der Waals surface area (Å²) in [6.45, 7) is 0.950. The van der Waals surface area contributed by atoms with Gasteiger partial charge in [0, 0.05) is 6.08 Å². The van der Waals surface area contributed by atoms with Crippen molar-refractivity contribution in [3.8, 4) is 23.0 Å². The van der Waals surface area contributed by atoms with Crippen molar-refractivity contribution in [3.63, 3.8) is 0 Å². The van der Waals surface area contributed by atoms with Crippen molar-refractivity contribution in [3.05, 3.63) is 53.6 Å². The minimum atomic E-state index is -2.00. The summed E-state index contributed by atoms with van der Waals surface area (Å²) in [6.07, 6.45) is -31.8. The van der Waals surface area contributed by atoms with Gasteiger partial charge in [-0.2, -0.15) is 0 Å². The van der Waals surface area contributed by atoms with Crippen LogP contribution in [0.15, 0.2) is 42.5 Å². The van der Waals surface area contributed by atoms with Crippen LogP contribution in [0.1, 0.15) is 25.0 Å². The first-order chi connectivity index (χ1) is 30.8. The van der Waals surface area contributed by atoms with Crippen molar-refractivity contribution in [1.29, 1.82) is 0 Å². The van der Waals surface area contributed by atoms with Gasteiger partial charge in [0.15, 0.2) is 54.3 Å². The third kappa shape index (κ3) is 11.6. The SMILES string of the molecule is C[C@@H]1O[C@@H](O[C@@H]2[C@@H](O)[C@H](C)O[C@@H](O[C@@H]3[C@@H](O)[C@H](OCCc4ccc(O)c(O)c4)O[C@H](CO[C@@H]4O[C@H](CO)[C@@H](O)[C@H](O)[C@H]4O)[C@H]3OC(=O)/C=C/c3ccc(O)c(O)c3)[C@@H]2O)[C@H](O)[C@H](O)[C@H]1O. The lowest BCUT2D eigenvalue weighted by Crippen LogP contribution is -2.66. The van der Waals surface area contributed by atoms with Gasteiger partial charge in [-0.25, -0.2) is 4.79 Å². The van der Waals surface area contributed by atoms with Gasteiger partial charge < -0.3 is 114 Å². The molecule has 4 fully saturated rings. The largest absolute Gasteiger partial charge is 0.504 e. The van der Waals surface area contributed by atoms with Crippen LogP contribution in [0.25, 0.3) is 6.08 Å². The summed E-state index contributed by atoms with van der Waals surface area (Å²) in [5.41, 5.74) is 0.700. The van der Waals surface area contributed by atoms with Gasteiger partial charge in [-0.1, -0.05) is 12.1 Å². The normalized spacial score (nSPS) is 40.2. The Morgan fingerprint density at radius 1 is 0.569 bits per heavy atom. The van der Waals surface area contributed by atoms with E-state index in [1.165, 1.54) is 44.2 Å². The molecule has 14 N–H and O–H groups in total. The van der Waals surface area contributed by atoms with E-state index in [1.54, 1.807) is 0 Å². The molecule has 0 aromatic heterocycles. The highest BCUT2D eigenvalue weighted by Crippen LogP contribution is 2.35. The number of hydrogen-bond donors (Lipinski definition) is 14. The predicted molar refractivity (Wildman–Crippen MR) is 211 cm³/mol. The third-order valence-electron chi connectivity index (χ3n) is 11.4. The van der Waals surface area contributed by atoms with Crippen molar-refractivity contribution in [1.82, 2.24) is 0 Å². The number of aliphatic hydroxyl groups is 10. The molecule has 0 bridgehead atoms. The number of carbonyl (C=O) groups excluding carboxylic acids is 1. The van der Waals surface area contributed by atoms with Crippen LogP contribution in [0, 0.1) is 0 Å². The average molecular weight is 933 g/mol. The van der Waals surface area contributed by atoms with Gasteiger partial charge in [-0.15, -0.1) is 0 Å². The smallest absolute Gasteiger partial charge is 0.331 e. The molecule has 0 spiro atoms. The van der Waals surface area contributed by atoms with Crippen LogP contribution in [0.2, 0.25) is 0 Å². The molecule has 4 heterocycles. The van der Waals surface area contributed by atoms with Crippen molar-refractivity contribution >= 4 is 12.0 Å². The molecular weight excluding hydrogens is 876 g/mol. The number of benzene rings is 2. The van der Waals surface area contributed by atoms with E-state index in [-0.39, 0.29) is 24.3 Å². The topological polar surface area (TPSA) is 383 Å². The zero-order chi connectivity index (χ0) is 47.4. The number of phenols is 4. The molecule has 24 nitrogen and oxygen atoms in total. The Morgan fingerprint density at radius 3 is 1.78 bits per heavy atom. The lowest BCUT2D eigenvalue weighted by molar-refractivity contribution is -0.379. The first-order valence-corrected chi connectivity index (χ1v) is 20.6. The molecule has 0 saturated carbocycles. The Hall–Kier alpha value is -3.87. The van der Waals surface area contributed by atoms with Crippen molar-refractivity contribution < 1.29 is 119 Å². The number of aromatic hydroxyl groups is 4. The molecule has 4 aliphatic rings. The average Bonchev–Trinajstić information content (AvgIpc) is 3.27. The summed E-state index contributed by atoms with van der Waals surface area (Å²) in [5.74, 6) is -2.87. The molecule has 4 saturated heterocycles. The van der Waals surface area contributed by atoms with Crippen molar-refractivity contribution in [2.24, 2.45) is 0 Å². The van der Waals surface area contributed by atoms with Crippen molar-refractivity contribution in [2.75, 3.05) is 19.8 Å². The van der Waals surface area contributed by atoms with E-state index in [1.807, 2.05) is 0 Å². The van der Waals surface area contributed by atoms with Crippen LogP contribution in [0.3, 0.4) is 0 Å². The maximum atomic E-state index is 13.6. The number of ether oxygens (including phenoxy) is 9. The lowest BCUT2D eigenvalue weighted by atomic mass is 9.96. The number of esters is 1. The molecule has 0 unspecified atom stereocenters. The standard InChI is InChI=1S/C41H56O24/c1-15-26(48)29(51)32(54)40(59-15)64-36-27(49)16(2)60-41(33(36)55)65-37-34(56)39(57-10-9-18-4-7-20(44)22(46)12-18)62-24(14-58-38-31(53)30(52)28(50)23(13-42)61-38)35(37)63-25(47)8-5-17-3-6-19(43)21(45)11-17/h3-8,11-12,15-16,23-24,26-46,48-56H,9-10,13-14H2,1-2H3/b8-5+/t15-,16-,23+,24+,26-,27-,28+,29+,30-,31+,32+,33+,34+,35+,36+,37+,38+,39+,40-,41-/m0/s1. The van der Waals surface area contributed by atoms with Crippen LogP contribution in [0.5, 0.6) is 23.0 Å². The van der Waals surface area contributed by atoms with E-state index in [0.717, 1.165) is 18.2 Å². The number of hydrogen-bond acceptors (Lipinski definition) is 24. The summed E-state index contributed by atoms with van der Waals surface area (Å²) in [6, 6.07) is 7.63. The van der Waals surface area contributed by atoms with Crippen LogP contribution in [0.4, 0.5) is 0 Å². The second-order valence-corrected chi connectivity index (χ2v) is 16.1. The first kappa shape index (κ1) is 50.5. The second-order valence-electron chi connectivity index (χ2n) is 16.1. The lowest BCUT2D eigenvalue weighted by Gasteiger charge is -2.48. The summed E-state index contributed by atoms with van der Waals surface area (Å²) in [7, 11) is 0. The van der Waals surface area contributed by atoms with Gasteiger partial charge >= 0.3 is 5.97 Å². The number of rotatable bonds is 15. The molecule has 20 atom stereocenters. The Morgan fingerprint density at radius 2 is 1.12 bits per heavy atom. The highest BCUT2D eigenvalue weighted by molar-refractivity contribution is 5.87. The molecule has 6 rings (SSSR count). The van der Waals surface area contributed by atoms with E-state index in [9.17, 15) is 76.3 Å². The highest BCUT2D eigenvalue weighted by Gasteiger charge is 2.55. The Kier molecular flexibility index (Phi) is 17.0. The van der Waals surface area contributed by atoms with E-state index in [2.05, 4.69) is 0 Å². The summed E-state index contributed by atoms with van der Waals surface area (Å²) in [4.78, 5) is 13.6. The third-order valence-corrected chi connectivity index (χ3v) is 11.4. The van der Waals surface area contributed by atoms with Crippen LogP contribution in [-0.4, -0.2) is 220 Å². The molecule has 4 aliphatic heterocycles. The van der Waals surface area contributed by atoms with E-state index < -0.39 is 159 Å². The van der Waals surface area contributed by atoms with Gasteiger partial charge in [-0.3, -0.25) is 0 Å². The van der Waals surface area contributed by atoms with Crippen LogP contribution >= 0.6 is 0 Å². The van der Waals surface area contributed by atoms with Gasteiger partial charge in [0.2, 0.25) is 0 Å². The van der Waals surface area contributed by atoms with Crippen LogP contribution in [-0.2, 0) is 53.8 Å². The molecule has 65 heavy (non-hydrogen) atoms. The van der Waals surface area contributed by atoms with Gasteiger partial charge in [0.25, 0.3) is 0 Å². The van der Waals surface area contributed by atoms with E-state index >= 15 is 0 Å². The van der Waals surface area contributed by atoms with Gasteiger partial charge in [0.05, 0.1) is 32.0 Å². The highest BCUT2D eigenvalue weighted by atomic mass is 16.8. The Bertz CT molecular complexity index is 1900. The fourth-order valence-corrected chi connectivity index (χ4v) is 7.56. The maximum Gasteiger partial charge on any atom is 0.331 e. The van der Waals surface area contributed by atoms with E-state index in [0.29, 0.717) is 5.56 Å². The van der Waals surface area contributed by atoms with Crippen LogP contribution < -0.4 is 0 Å². The fraction of sp³-hybridized carbons (Fsp3) is 0.634. The summed E-state index contributed by atoms with van der Waals surface area (Å²) < 4.78 is 52.3. The monoisotopic (exact) mass is 932 g/mol. The molecular formula is C41H56O24. The first-order valence-electron chi connectivity index (χ1n) is 20.6. The minimum absolute atomic E-state index is 0.0618. The minimum Gasteiger partial charge on any atom is -0.504 e. The zero-order valence-corrected chi connectivity index (χ0v) is 34.8. The maximum absolute atomic E-state index is 13.6. The van der Waals surface area contributed by atoms with Gasteiger partial charge in [0.1, 0.15) is 79.4 Å². The Labute approximate surface area is 370 Å². The number of phenolic OH excluding ortho intramolecular Hbond substituents is 4. The summed E-state index contributed by atoms with van der Waals surface area (Å²) >= 11 is 0. The molecule has 0 amide bonds. The number of aliphatic hydroxyl groups excluding tert-OH is 10. The molecule has 0 radical (unpaired) electrons. The van der Waals surface area contributed by atoms with Gasteiger partial charge in [-0.05, 0) is 61.7 Å². The molecule has 364 valence electrons. The number of carbonyl (C=O) groups is 1. The molecule has 0 aliphatic carbocycles. The van der Waals surface area contributed by atoms with Crippen molar-refractivity contribution in [2.45, 2.75) is 143 Å². The zero-order valence-electron chi connectivity index (χ0n) is 34.8. The fourth-order valence-electron chi connectivity index (χ4n) is 7.56. The summed E-state index contributed by atoms with van der Waals surface area (Å²) in [5, 5.41) is 146. The second kappa shape index (κ2) is 21.8. The quantitative estimate of drug-likeness (QED) is 0.0456. The molecule has 2 aromatic rings.